The number of hydroxylamine groups is 1. The SMILES string of the molecule is CCC.COC(=O)Nc1ccc(-n2ccnc2C(Cc2ccccc2)NC(=O)NO)cc1.Cc1c(F)cccc1F. The van der Waals surface area contributed by atoms with Crippen LogP contribution in [-0.4, -0.2) is 34.0 Å². The highest BCUT2D eigenvalue weighted by molar-refractivity contribution is 5.84. The summed E-state index contributed by atoms with van der Waals surface area (Å²) in [5.41, 5.74) is 4.05. The molecule has 4 aromatic rings. The third-order valence-corrected chi connectivity index (χ3v) is 5.45. The predicted octanol–water partition coefficient (Wildman–Crippen LogP) is 6.71. The Morgan fingerprint density at radius 3 is 2.12 bits per heavy atom. The van der Waals surface area contributed by atoms with Gasteiger partial charge in [0.2, 0.25) is 0 Å². The van der Waals surface area contributed by atoms with E-state index in [4.69, 9.17) is 5.21 Å². The van der Waals surface area contributed by atoms with Crippen molar-refractivity contribution < 1.29 is 28.3 Å². The molecule has 0 aliphatic carbocycles. The fourth-order valence-electron chi connectivity index (χ4n) is 3.49. The number of nitrogens with one attached hydrogen (secondary N) is 3. The van der Waals surface area contributed by atoms with Crippen molar-refractivity contribution in [2.45, 2.75) is 39.7 Å². The number of hydrogen-bond donors (Lipinski definition) is 4. The van der Waals surface area contributed by atoms with Gasteiger partial charge in [0, 0.05) is 29.3 Å². The highest BCUT2D eigenvalue weighted by Crippen LogP contribution is 2.22. The van der Waals surface area contributed by atoms with Gasteiger partial charge in [0.05, 0.1) is 13.2 Å². The van der Waals surface area contributed by atoms with E-state index in [2.05, 4.69) is 34.2 Å². The Balaban J connectivity index is 0.000000408. The lowest BCUT2D eigenvalue weighted by atomic mass is 10.1. The van der Waals surface area contributed by atoms with Gasteiger partial charge in [0.25, 0.3) is 0 Å². The molecule has 1 atom stereocenters. The molecule has 0 spiro atoms. The normalized spacial score (nSPS) is 10.6. The second-order valence-corrected chi connectivity index (χ2v) is 8.70. The topological polar surface area (TPSA) is 118 Å². The zero-order valence-corrected chi connectivity index (χ0v) is 23.4. The minimum absolute atomic E-state index is 0.0810. The van der Waals surface area contributed by atoms with Crippen LogP contribution in [0.3, 0.4) is 0 Å². The maximum Gasteiger partial charge on any atom is 0.411 e. The van der Waals surface area contributed by atoms with Crippen molar-refractivity contribution in [3.8, 4) is 5.69 Å². The average molecular weight is 568 g/mol. The highest BCUT2D eigenvalue weighted by Gasteiger charge is 2.21. The first kappa shape index (κ1) is 32.4. The smallest absolute Gasteiger partial charge is 0.411 e. The maximum atomic E-state index is 12.3. The van der Waals surface area contributed by atoms with E-state index in [1.54, 1.807) is 30.0 Å². The second-order valence-electron chi connectivity index (χ2n) is 8.70. The lowest BCUT2D eigenvalue weighted by Crippen LogP contribution is -2.38. The number of carbonyl (C=O) groups excluding carboxylic acids is 2. The van der Waals surface area contributed by atoms with Gasteiger partial charge in [-0.1, -0.05) is 56.7 Å². The molecule has 41 heavy (non-hydrogen) atoms. The van der Waals surface area contributed by atoms with Gasteiger partial charge in [-0.15, -0.1) is 0 Å². The Kier molecular flexibility index (Phi) is 13.5. The summed E-state index contributed by atoms with van der Waals surface area (Å²) in [4.78, 5) is 27.5. The van der Waals surface area contributed by atoms with Gasteiger partial charge in [-0.2, -0.15) is 0 Å². The number of benzene rings is 3. The Labute approximate surface area is 238 Å². The van der Waals surface area contributed by atoms with E-state index >= 15 is 0 Å². The minimum Gasteiger partial charge on any atom is -0.453 e. The first-order valence-electron chi connectivity index (χ1n) is 12.9. The van der Waals surface area contributed by atoms with Crippen molar-refractivity contribution in [3.63, 3.8) is 0 Å². The summed E-state index contributed by atoms with van der Waals surface area (Å²) in [6.45, 7) is 5.66. The van der Waals surface area contributed by atoms with Gasteiger partial charge in [-0.25, -0.2) is 28.8 Å². The van der Waals surface area contributed by atoms with Crippen LogP contribution < -0.4 is 16.1 Å². The molecule has 11 heteroatoms. The third-order valence-electron chi connectivity index (χ3n) is 5.45. The molecule has 1 heterocycles. The number of amides is 3. The molecular weight excluding hydrogens is 532 g/mol. The van der Waals surface area contributed by atoms with E-state index in [1.165, 1.54) is 38.7 Å². The van der Waals surface area contributed by atoms with Gasteiger partial charge in [0.1, 0.15) is 17.5 Å². The summed E-state index contributed by atoms with van der Waals surface area (Å²) in [5, 5.41) is 14.2. The van der Waals surface area contributed by atoms with E-state index in [-0.39, 0.29) is 5.56 Å². The number of ether oxygens (including phenoxy) is 1. The standard InChI is InChI=1S/C20H21N5O4.C7H6F2.C3H8/c1-29-20(27)22-15-7-9-16(10-8-15)25-12-11-21-18(25)17(23-19(26)24-28)13-14-5-3-2-4-6-14;1-5-6(8)3-2-4-7(5)9;1-3-2/h2-12,17,28H,13H2,1H3,(H,22,27)(H2,23,24,26);2-4H,1H3;3H2,1-2H3. The number of anilines is 1. The van der Waals surface area contributed by atoms with Crippen LogP contribution in [0.5, 0.6) is 0 Å². The predicted molar refractivity (Wildman–Crippen MR) is 153 cm³/mol. The lowest BCUT2D eigenvalue weighted by Gasteiger charge is -2.20. The van der Waals surface area contributed by atoms with Crippen LogP contribution in [0.25, 0.3) is 5.69 Å². The zero-order chi connectivity index (χ0) is 30.2. The number of hydrogen-bond acceptors (Lipinski definition) is 5. The quantitative estimate of drug-likeness (QED) is 0.153. The van der Waals surface area contributed by atoms with Crippen LogP contribution in [-0.2, 0) is 11.2 Å². The summed E-state index contributed by atoms with van der Waals surface area (Å²) in [6, 6.07) is 19.3. The second kappa shape index (κ2) is 17.0. The minimum atomic E-state index is -0.724. The van der Waals surface area contributed by atoms with Crippen LogP contribution in [0.2, 0.25) is 0 Å². The Morgan fingerprint density at radius 1 is 0.976 bits per heavy atom. The lowest BCUT2D eigenvalue weighted by molar-refractivity contribution is 0.158. The molecule has 4 rings (SSSR count). The van der Waals surface area contributed by atoms with E-state index < -0.39 is 29.8 Å². The molecule has 1 unspecified atom stereocenters. The maximum absolute atomic E-state index is 12.3. The van der Waals surface area contributed by atoms with Crippen LogP contribution >= 0.6 is 0 Å². The van der Waals surface area contributed by atoms with Crippen LogP contribution in [0.1, 0.15) is 43.3 Å². The summed E-state index contributed by atoms with van der Waals surface area (Å²) >= 11 is 0. The Hall–Kier alpha value is -4.77. The fourth-order valence-corrected chi connectivity index (χ4v) is 3.49. The molecule has 1 aromatic heterocycles. The molecule has 0 radical (unpaired) electrons. The highest BCUT2D eigenvalue weighted by atomic mass is 19.1. The van der Waals surface area contributed by atoms with Gasteiger partial charge in [-0.05, 0) is 55.3 Å². The van der Waals surface area contributed by atoms with Crippen molar-refractivity contribution in [1.82, 2.24) is 20.3 Å². The molecule has 0 bridgehead atoms. The van der Waals surface area contributed by atoms with E-state index in [1.807, 2.05) is 47.0 Å². The molecule has 0 fully saturated rings. The molecule has 0 saturated heterocycles. The molecule has 0 saturated carbocycles. The Bertz CT molecular complexity index is 1340. The van der Waals surface area contributed by atoms with Crippen molar-refractivity contribution in [1.29, 1.82) is 0 Å². The van der Waals surface area contributed by atoms with Crippen molar-refractivity contribution >= 4 is 17.8 Å². The largest absolute Gasteiger partial charge is 0.453 e. The summed E-state index contributed by atoms with van der Waals surface area (Å²) in [7, 11) is 1.30. The number of rotatable bonds is 6. The zero-order valence-electron chi connectivity index (χ0n) is 23.4. The molecule has 3 aromatic carbocycles. The van der Waals surface area contributed by atoms with Crippen LogP contribution in [0, 0.1) is 18.6 Å². The molecular formula is C30H35F2N5O4. The number of nitrogens with zero attached hydrogens (tertiary/aromatic N) is 2. The Morgan fingerprint density at radius 2 is 1.59 bits per heavy atom. The molecule has 0 aliphatic rings. The van der Waals surface area contributed by atoms with E-state index in [0.717, 1.165) is 11.3 Å². The number of imidazole rings is 1. The van der Waals surface area contributed by atoms with E-state index in [0.29, 0.717) is 17.9 Å². The molecule has 3 amide bonds. The van der Waals surface area contributed by atoms with E-state index in [9.17, 15) is 18.4 Å². The van der Waals surface area contributed by atoms with Gasteiger partial charge >= 0.3 is 12.1 Å². The fraction of sp³-hybridized carbons (Fsp3) is 0.233. The summed E-state index contributed by atoms with van der Waals surface area (Å²) in [6.07, 6.45) is 4.58. The first-order chi connectivity index (χ1) is 19.7. The van der Waals surface area contributed by atoms with Gasteiger partial charge < -0.3 is 14.6 Å². The molecule has 218 valence electrons. The number of halogens is 2. The van der Waals surface area contributed by atoms with Crippen LogP contribution in [0.4, 0.5) is 24.1 Å². The summed E-state index contributed by atoms with van der Waals surface area (Å²) in [5.74, 6) is -0.392. The molecule has 4 N–H and O–H groups in total. The number of methoxy groups -OCH3 is 1. The number of aromatic nitrogens is 2. The number of urea groups is 1. The molecule has 9 nitrogen and oxygen atoms in total. The van der Waals surface area contributed by atoms with Gasteiger partial charge in [-0.3, -0.25) is 10.5 Å². The van der Waals surface area contributed by atoms with Crippen molar-refractivity contribution in [2.24, 2.45) is 0 Å². The van der Waals surface area contributed by atoms with Crippen LogP contribution in [0.15, 0.2) is 85.2 Å². The third kappa shape index (κ3) is 10.4. The van der Waals surface area contributed by atoms with Gasteiger partial charge in [0.15, 0.2) is 0 Å². The summed E-state index contributed by atoms with van der Waals surface area (Å²) < 4.78 is 31.1. The first-order valence-corrected chi connectivity index (χ1v) is 12.9. The van der Waals surface area contributed by atoms with Crippen molar-refractivity contribution in [2.75, 3.05) is 12.4 Å². The molecule has 0 aliphatic heterocycles. The average Bonchev–Trinajstić information content (AvgIpc) is 3.47. The monoisotopic (exact) mass is 567 g/mol. The van der Waals surface area contributed by atoms with Crippen molar-refractivity contribution in [3.05, 3.63) is 114 Å². The number of carbonyl (C=O) groups is 2.